The summed E-state index contributed by atoms with van der Waals surface area (Å²) in [7, 11) is 0. The normalized spacial score (nSPS) is 10.6. The van der Waals surface area contributed by atoms with Gasteiger partial charge in [0, 0.05) is 11.6 Å². The Bertz CT molecular complexity index is 1030. The van der Waals surface area contributed by atoms with Crippen molar-refractivity contribution in [2.45, 2.75) is 33.9 Å². The SMILES string of the molecule is CCOc1ccc(CNC(=O)c2ccc(COc3ccc(Cl)c(C)c3)o2)cc1OCC. The summed E-state index contributed by atoms with van der Waals surface area (Å²) in [4.78, 5) is 12.5. The number of furan rings is 1. The Morgan fingerprint density at radius 2 is 1.74 bits per heavy atom. The van der Waals surface area contributed by atoms with Gasteiger partial charge in [-0.1, -0.05) is 17.7 Å². The first-order valence-corrected chi connectivity index (χ1v) is 10.5. The van der Waals surface area contributed by atoms with Crippen LogP contribution in [-0.2, 0) is 13.2 Å². The van der Waals surface area contributed by atoms with Crippen molar-refractivity contribution < 1.29 is 23.4 Å². The number of carbonyl (C=O) groups excluding carboxylic acids is 1. The molecule has 0 aliphatic carbocycles. The highest BCUT2D eigenvalue weighted by atomic mass is 35.5. The molecule has 31 heavy (non-hydrogen) atoms. The lowest BCUT2D eigenvalue weighted by Crippen LogP contribution is -2.22. The highest BCUT2D eigenvalue weighted by Gasteiger charge is 2.13. The van der Waals surface area contributed by atoms with E-state index in [0.29, 0.717) is 47.8 Å². The number of nitrogens with one attached hydrogen (secondary N) is 1. The van der Waals surface area contributed by atoms with Gasteiger partial charge in [0.25, 0.3) is 5.91 Å². The van der Waals surface area contributed by atoms with Crippen LogP contribution in [0, 0.1) is 6.92 Å². The second-order valence-corrected chi connectivity index (χ2v) is 7.20. The van der Waals surface area contributed by atoms with Gasteiger partial charge >= 0.3 is 0 Å². The molecule has 0 aliphatic heterocycles. The Hall–Kier alpha value is -3.12. The van der Waals surface area contributed by atoms with Crippen LogP contribution in [0.3, 0.4) is 0 Å². The summed E-state index contributed by atoms with van der Waals surface area (Å²) in [5, 5.41) is 3.54. The van der Waals surface area contributed by atoms with Crippen molar-refractivity contribution in [3.05, 3.63) is 76.2 Å². The zero-order valence-electron chi connectivity index (χ0n) is 17.9. The highest BCUT2D eigenvalue weighted by Crippen LogP contribution is 2.28. The maximum absolute atomic E-state index is 12.5. The quantitative estimate of drug-likeness (QED) is 0.445. The molecule has 0 saturated heterocycles. The van der Waals surface area contributed by atoms with Crippen LogP contribution >= 0.6 is 11.6 Å². The van der Waals surface area contributed by atoms with E-state index in [0.717, 1.165) is 11.1 Å². The highest BCUT2D eigenvalue weighted by molar-refractivity contribution is 6.31. The lowest BCUT2D eigenvalue weighted by atomic mass is 10.2. The largest absolute Gasteiger partial charge is 0.490 e. The lowest BCUT2D eigenvalue weighted by molar-refractivity contribution is 0.0919. The fourth-order valence-corrected chi connectivity index (χ4v) is 3.03. The number of benzene rings is 2. The molecule has 164 valence electrons. The standard InChI is InChI=1S/C24H26ClNO5/c1-4-28-21-10-6-17(13-23(21)29-5-2)14-26-24(27)22-11-8-19(31-22)15-30-18-7-9-20(25)16(3)12-18/h6-13H,4-5,14-15H2,1-3H3,(H,26,27). The number of aryl methyl sites for hydroxylation is 1. The van der Waals surface area contributed by atoms with Crippen molar-refractivity contribution in [1.82, 2.24) is 5.32 Å². The van der Waals surface area contributed by atoms with E-state index in [2.05, 4.69) is 5.32 Å². The summed E-state index contributed by atoms with van der Waals surface area (Å²) in [6, 6.07) is 14.4. The Morgan fingerprint density at radius 3 is 2.48 bits per heavy atom. The minimum Gasteiger partial charge on any atom is -0.490 e. The van der Waals surface area contributed by atoms with Crippen LogP contribution in [0.1, 0.15) is 41.3 Å². The molecule has 0 radical (unpaired) electrons. The van der Waals surface area contributed by atoms with Crippen LogP contribution in [0.25, 0.3) is 0 Å². The van der Waals surface area contributed by atoms with Crippen molar-refractivity contribution in [2.75, 3.05) is 13.2 Å². The van der Waals surface area contributed by atoms with E-state index in [1.54, 1.807) is 24.3 Å². The molecule has 2 aromatic carbocycles. The Labute approximate surface area is 187 Å². The molecule has 1 amide bonds. The third-order valence-electron chi connectivity index (χ3n) is 4.46. The second-order valence-electron chi connectivity index (χ2n) is 6.80. The molecular formula is C24H26ClNO5. The average Bonchev–Trinajstić information content (AvgIpc) is 3.24. The van der Waals surface area contributed by atoms with E-state index in [9.17, 15) is 4.79 Å². The fourth-order valence-electron chi connectivity index (χ4n) is 2.91. The Kier molecular flexibility index (Phi) is 7.84. The molecule has 7 heteroatoms. The molecule has 3 rings (SSSR count). The molecule has 0 fully saturated rings. The summed E-state index contributed by atoms with van der Waals surface area (Å²) in [5.74, 6) is 2.50. The van der Waals surface area contributed by atoms with Gasteiger partial charge in [-0.25, -0.2) is 0 Å². The predicted molar refractivity (Wildman–Crippen MR) is 119 cm³/mol. The first-order valence-electron chi connectivity index (χ1n) is 10.1. The molecule has 1 aromatic heterocycles. The molecular weight excluding hydrogens is 418 g/mol. The number of hydrogen-bond donors (Lipinski definition) is 1. The van der Waals surface area contributed by atoms with E-state index < -0.39 is 0 Å². The predicted octanol–water partition coefficient (Wildman–Crippen LogP) is 5.55. The summed E-state index contributed by atoms with van der Waals surface area (Å²) >= 11 is 6.02. The van der Waals surface area contributed by atoms with Crippen LogP contribution in [0.2, 0.25) is 5.02 Å². The van der Waals surface area contributed by atoms with Gasteiger partial charge in [-0.3, -0.25) is 4.79 Å². The zero-order valence-corrected chi connectivity index (χ0v) is 18.6. The lowest BCUT2D eigenvalue weighted by Gasteiger charge is -2.12. The summed E-state index contributed by atoms with van der Waals surface area (Å²) < 4.78 is 22.5. The maximum Gasteiger partial charge on any atom is 0.287 e. The second kappa shape index (κ2) is 10.8. The van der Waals surface area contributed by atoms with Gasteiger partial charge in [0.2, 0.25) is 0 Å². The summed E-state index contributed by atoms with van der Waals surface area (Å²) in [6.07, 6.45) is 0. The maximum atomic E-state index is 12.5. The van der Waals surface area contributed by atoms with Crippen LogP contribution < -0.4 is 19.5 Å². The third-order valence-corrected chi connectivity index (χ3v) is 4.88. The molecule has 1 heterocycles. The zero-order chi connectivity index (χ0) is 22.2. The number of halogens is 1. The van der Waals surface area contributed by atoms with Gasteiger partial charge in [0.1, 0.15) is 18.1 Å². The van der Waals surface area contributed by atoms with Crippen LogP contribution in [0.4, 0.5) is 0 Å². The number of hydrogen-bond acceptors (Lipinski definition) is 5. The molecule has 0 saturated carbocycles. The van der Waals surface area contributed by atoms with Gasteiger partial charge in [-0.15, -0.1) is 0 Å². The molecule has 1 N–H and O–H groups in total. The van der Waals surface area contributed by atoms with Gasteiger partial charge in [-0.05, 0) is 74.4 Å². The fraction of sp³-hybridized carbons (Fsp3) is 0.292. The number of ether oxygens (including phenoxy) is 3. The van der Waals surface area contributed by atoms with E-state index >= 15 is 0 Å². The van der Waals surface area contributed by atoms with Crippen LogP contribution in [-0.4, -0.2) is 19.1 Å². The number of amides is 1. The molecule has 0 spiro atoms. The average molecular weight is 444 g/mol. The minimum absolute atomic E-state index is 0.213. The summed E-state index contributed by atoms with van der Waals surface area (Å²) in [5.41, 5.74) is 1.83. The van der Waals surface area contributed by atoms with Crippen molar-refractivity contribution in [2.24, 2.45) is 0 Å². The van der Waals surface area contributed by atoms with Crippen molar-refractivity contribution in [3.8, 4) is 17.2 Å². The first-order chi connectivity index (χ1) is 15.0. The van der Waals surface area contributed by atoms with Crippen LogP contribution in [0.15, 0.2) is 52.9 Å². The van der Waals surface area contributed by atoms with Crippen molar-refractivity contribution in [3.63, 3.8) is 0 Å². The molecule has 0 bridgehead atoms. The van der Waals surface area contributed by atoms with Crippen LogP contribution in [0.5, 0.6) is 17.2 Å². The summed E-state index contributed by atoms with van der Waals surface area (Å²) in [6.45, 7) is 7.37. The molecule has 0 atom stereocenters. The van der Waals surface area contributed by atoms with Crippen molar-refractivity contribution >= 4 is 17.5 Å². The van der Waals surface area contributed by atoms with Gasteiger partial charge in [0.15, 0.2) is 17.3 Å². The van der Waals surface area contributed by atoms with Gasteiger partial charge in [-0.2, -0.15) is 0 Å². The van der Waals surface area contributed by atoms with Gasteiger partial charge in [0.05, 0.1) is 13.2 Å². The van der Waals surface area contributed by atoms with Gasteiger partial charge < -0.3 is 23.9 Å². The van der Waals surface area contributed by atoms with E-state index in [-0.39, 0.29) is 18.3 Å². The van der Waals surface area contributed by atoms with E-state index in [1.165, 1.54) is 0 Å². The Morgan fingerprint density at radius 1 is 0.968 bits per heavy atom. The Balaban J connectivity index is 1.56. The monoisotopic (exact) mass is 443 g/mol. The molecule has 6 nitrogen and oxygen atoms in total. The molecule has 0 unspecified atom stereocenters. The number of carbonyl (C=O) groups is 1. The molecule has 3 aromatic rings. The van der Waals surface area contributed by atoms with E-state index in [1.807, 2.05) is 45.0 Å². The van der Waals surface area contributed by atoms with E-state index in [4.69, 9.17) is 30.2 Å². The smallest absolute Gasteiger partial charge is 0.287 e. The third kappa shape index (κ3) is 6.18. The number of rotatable bonds is 10. The van der Waals surface area contributed by atoms with Crippen molar-refractivity contribution in [1.29, 1.82) is 0 Å². The molecule has 0 aliphatic rings. The minimum atomic E-state index is -0.305. The first kappa shape index (κ1) is 22.6. The topological polar surface area (TPSA) is 69.9 Å².